The van der Waals surface area contributed by atoms with Crippen molar-refractivity contribution in [2.45, 2.75) is 4.90 Å². The Balaban J connectivity index is 1.75. The lowest BCUT2D eigenvalue weighted by Gasteiger charge is -2.07. The number of rotatable bonds is 4. The van der Waals surface area contributed by atoms with Crippen LogP contribution in [0.15, 0.2) is 57.8 Å². The number of halogens is 2. The molecule has 0 radical (unpaired) electrons. The minimum absolute atomic E-state index is 0.0888. The van der Waals surface area contributed by atoms with Crippen molar-refractivity contribution in [2.75, 3.05) is 0 Å². The van der Waals surface area contributed by atoms with E-state index in [-0.39, 0.29) is 10.7 Å². The first-order valence-corrected chi connectivity index (χ1v) is 8.48. The third-order valence-electron chi connectivity index (χ3n) is 3.13. The quantitative estimate of drug-likeness (QED) is 0.693. The molecule has 0 saturated carbocycles. The van der Waals surface area contributed by atoms with Crippen LogP contribution in [0.25, 0.3) is 11.0 Å². The van der Waals surface area contributed by atoms with Gasteiger partial charge in [0.2, 0.25) is 0 Å². The van der Waals surface area contributed by atoms with Crippen LogP contribution in [0.4, 0.5) is 4.39 Å². The second kappa shape index (κ2) is 6.23. The normalized spacial score (nSPS) is 11.6. The summed E-state index contributed by atoms with van der Waals surface area (Å²) < 4.78 is 42.1. The maximum atomic E-state index is 12.8. The average Bonchev–Trinajstić information content (AvgIpc) is 2.96. The van der Waals surface area contributed by atoms with Crippen LogP contribution in [0.1, 0.15) is 10.6 Å². The summed E-state index contributed by atoms with van der Waals surface area (Å²) in [7, 11) is -4.03. The molecule has 6 nitrogen and oxygen atoms in total. The molecule has 0 bridgehead atoms. The van der Waals surface area contributed by atoms with E-state index in [1.165, 1.54) is 6.07 Å². The van der Waals surface area contributed by atoms with Gasteiger partial charge in [0.25, 0.3) is 10.0 Å². The first-order valence-electron chi connectivity index (χ1n) is 6.62. The number of hydrogen-bond acceptors (Lipinski definition) is 4. The topological polar surface area (TPSA) is 88.4 Å². The molecular weight excluding hydrogens is 359 g/mol. The summed E-state index contributed by atoms with van der Waals surface area (Å²) >= 11 is 5.85. The Morgan fingerprint density at radius 3 is 2.50 bits per heavy atom. The molecule has 3 rings (SSSR count). The van der Waals surface area contributed by atoms with Crippen molar-refractivity contribution in [3.05, 3.63) is 65.1 Å². The number of benzene rings is 2. The Kier molecular flexibility index (Phi) is 4.27. The maximum Gasteiger partial charge on any atom is 0.301 e. The Bertz CT molecular complexity index is 1020. The number of hydrazine groups is 1. The highest BCUT2D eigenvalue weighted by Crippen LogP contribution is 2.22. The number of fused-ring (bicyclic) bond motifs is 1. The van der Waals surface area contributed by atoms with E-state index in [0.29, 0.717) is 16.0 Å². The van der Waals surface area contributed by atoms with Crippen molar-refractivity contribution in [2.24, 2.45) is 0 Å². The predicted molar refractivity (Wildman–Crippen MR) is 85.4 cm³/mol. The zero-order valence-electron chi connectivity index (χ0n) is 11.9. The molecule has 0 aliphatic heterocycles. The molecule has 0 aliphatic carbocycles. The zero-order valence-corrected chi connectivity index (χ0v) is 13.5. The first-order chi connectivity index (χ1) is 11.3. The van der Waals surface area contributed by atoms with Crippen LogP contribution < -0.4 is 10.3 Å². The number of hydrogen-bond donors (Lipinski definition) is 2. The van der Waals surface area contributed by atoms with Gasteiger partial charge in [0, 0.05) is 10.4 Å². The molecule has 0 saturated heterocycles. The van der Waals surface area contributed by atoms with Crippen molar-refractivity contribution >= 4 is 38.5 Å². The number of furan rings is 1. The van der Waals surface area contributed by atoms with Gasteiger partial charge in [0.1, 0.15) is 11.4 Å². The van der Waals surface area contributed by atoms with Gasteiger partial charge in [-0.25, -0.2) is 12.8 Å². The van der Waals surface area contributed by atoms with Gasteiger partial charge < -0.3 is 4.42 Å². The maximum absolute atomic E-state index is 12.8. The monoisotopic (exact) mass is 368 g/mol. The molecule has 2 aromatic carbocycles. The van der Waals surface area contributed by atoms with E-state index in [9.17, 15) is 17.6 Å². The van der Waals surface area contributed by atoms with Gasteiger partial charge >= 0.3 is 5.91 Å². The molecule has 0 fully saturated rings. The number of amides is 1. The molecule has 1 amide bonds. The third kappa shape index (κ3) is 3.40. The standard InChI is InChI=1S/C15H10ClFN2O4S/c16-10-1-6-13-9(7-10)8-14(23-13)15(20)18-19-24(21,22)12-4-2-11(17)3-5-12/h1-8,19H,(H,18,20). The van der Waals surface area contributed by atoms with Gasteiger partial charge in [-0.2, -0.15) is 0 Å². The molecule has 0 unspecified atom stereocenters. The number of nitrogens with one attached hydrogen (secondary N) is 2. The lowest BCUT2D eigenvalue weighted by molar-refractivity contribution is 0.0919. The summed E-state index contributed by atoms with van der Waals surface area (Å²) in [6.45, 7) is 0. The van der Waals surface area contributed by atoms with E-state index in [2.05, 4.69) is 0 Å². The molecule has 124 valence electrons. The summed E-state index contributed by atoms with van der Waals surface area (Å²) in [6, 6.07) is 10.4. The van der Waals surface area contributed by atoms with Crippen molar-refractivity contribution < 1.29 is 22.0 Å². The van der Waals surface area contributed by atoms with E-state index in [1.807, 2.05) is 10.3 Å². The summed E-state index contributed by atoms with van der Waals surface area (Å²) in [6.07, 6.45) is 0. The van der Waals surface area contributed by atoms with Crippen LogP contribution in [0, 0.1) is 5.82 Å². The first kappa shape index (κ1) is 16.4. The second-order valence-electron chi connectivity index (χ2n) is 4.81. The fourth-order valence-electron chi connectivity index (χ4n) is 1.97. The molecule has 1 aromatic heterocycles. The van der Waals surface area contributed by atoms with Gasteiger partial charge in [-0.1, -0.05) is 11.6 Å². The molecular formula is C15H10ClFN2O4S. The van der Waals surface area contributed by atoms with Crippen LogP contribution in [0.2, 0.25) is 5.02 Å². The Labute approximate surface area is 141 Å². The summed E-state index contributed by atoms with van der Waals surface area (Å²) in [5.74, 6) is -1.44. The predicted octanol–water partition coefficient (Wildman–Crippen LogP) is 2.85. The Morgan fingerprint density at radius 2 is 1.79 bits per heavy atom. The van der Waals surface area contributed by atoms with Gasteiger partial charge in [0.05, 0.1) is 4.90 Å². The van der Waals surface area contributed by atoms with Gasteiger partial charge in [0.15, 0.2) is 5.76 Å². The van der Waals surface area contributed by atoms with Crippen LogP contribution in [0.3, 0.4) is 0 Å². The van der Waals surface area contributed by atoms with Gasteiger partial charge in [-0.05, 0) is 48.5 Å². The van der Waals surface area contributed by atoms with E-state index in [1.54, 1.807) is 18.2 Å². The van der Waals surface area contributed by atoms with Gasteiger partial charge in [-0.3, -0.25) is 10.2 Å². The molecule has 2 N–H and O–H groups in total. The van der Waals surface area contributed by atoms with Gasteiger partial charge in [-0.15, -0.1) is 4.83 Å². The Morgan fingerprint density at radius 1 is 1.08 bits per heavy atom. The van der Waals surface area contributed by atoms with E-state index >= 15 is 0 Å². The third-order valence-corrected chi connectivity index (χ3v) is 4.62. The van der Waals surface area contributed by atoms with E-state index in [4.69, 9.17) is 16.0 Å². The lowest BCUT2D eigenvalue weighted by Crippen LogP contribution is -2.41. The fraction of sp³-hybridized carbons (Fsp3) is 0. The molecule has 3 aromatic rings. The highest BCUT2D eigenvalue weighted by atomic mass is 35.5. The van der Waals surface area contributed by atoms with E-state index < -0.39 is 21.7 Å². The highest BCUT2D eigenvalue weighted by molar-refractivity contribution is 7.89. The summed E-state index contributed by atoms with van der Waals surface area (Å²) in [5, 5.41) is 1.08. The number of sulfonamides is 1. The van der Waals surface area contributed by atoms with Crippen LogP contribution >= 0.6 is 11.6 Å². The lowest BCUT2D eigenvalue weighted by atomic mass is 10.2. The summed E-state index contributed by atoms with van der Waals surface area (Å²) in [5.41, 5.74) is 2.47. The minimum Gasteiger partial charge on any atom is -0.451 e. The largest absolute Gasteiger partial charge is 0.451 e. The van der Waals surface area contributed by atoms with Crippen molar-refractivity contribution in [1.29, 1.82) is 0 Å². The minimum atomic E-state index is -4.03. The smallest absolute Gasteiger partial charge is 0.301 e. The fourth-order valence-corrected chi connectivity index (χ4v) is 2.99. The zero-order chi connectivity index (χ0) is 17.3. The molecule has 0 atom stereocenters. The molecule has 1 heterocycles. The Hall–Kier alpha value is -2.42. The number of carbonyl (C=O) groups is 1. The molecule has 24 heavy (non-hydrogen) atoms. The van der Waals surface area contributed by atoms with Crippen molar-refractivity contribution in [3.8, 4) is 0 Å². The molecule has 0 spiro atoms. The number of carbonyl (C=O) groups excluding carboxylic acids is 1. The molecule has 0 aliphatic rings. The second-order valence-corrected chi connectivity index (χ2v) is 6.93. The van der Waals surface area contributed by atoms with Crippen LogP contribution in [-0.2, 0) is 10.0 Å². The van der Waals surface area contributed by atoms with Crippen LogP contribution in [0.5, 0.6) is 0 Å². The van der Waals surface area contributed by atoms with E-state index in [0.717, 1.165) is 24.3 Å². The highest BCUT2D eigenvalue weighted by Gasteiger charge is 2.18. The average molecular weight is 369 g/mol. The summed E-state index contributed by atoms with van der Waals surface area (Å²) in [4.78, 5) is 13.7. The SMILES string of the molecule is O=C(NNS(=O)(=O)c1ccc(F)cc1)c1cc2cc(Cl)ccc2o1. The van der Waals surface area contributed by atoms with Crippen molar-refractivity contribution in [3.63, 3.8) is 0 Å². The van der Waals surface area contributed by atoms with Crippen LogP contribution in [-0.4, -0.2) is 14.3 Å². The van der Waals surface area contributed by atoms with Crippen molar-refractivity contribution in [1.82, 2.24) is 10.3 Å². The molecule has 9 heteroatoms.